The van der Waals surface area contributed by atoms with Crippen molar-refractivity contribution in [3.05, 3.63) is 22.4 Å². The molecule has 0 saturated carbocycles. The van der Waals surface area contributed by atoms with Crippen LogP contribution in [0, 0.1) is 0 Å². The Morgan fingerprint density at radius 2 is 2.47 bits per heavy atom. The molecular weight excluding hydrogens is 256 g/mol. The quantitative estimate of drug-likeness (QED) is 0.831. The lowest BCUT2D eigenvalue weighted by Crippen LogP contribution is -2.51. The highest BCUT2D eigenvalue weighted by Crippen LogP contribution is 2.16. The highest BCUT2D eigenvalue weighted by molar-refractivity contribution is 7.09. The van der Waals surface area contributed by atoms with Crippen LogP contribution in [-0.2, 0) is 11.2 Å². The van der Waals surface area contributed by atoms with E-state index in [0.29, 0.717) is 12.1 Å². The third-order valence-corrected chi connectivity index (χ3v) is 4.76. The van der Waals surface area contributed by atoms with Gasteiger partial charge in [-0.1, -0.05) is 13.0 Å². The van der Waals surface area contributed by atoms with Crippen LogP contribution in [0.25, 0.3) is 0 Å². The summed E-state index contributed by atoms with van der Waals surface area (Å²) in [6.07, 6.45) is 3.87. The van der Waals surface area contributed by atoms with Gasteiger partial charge in [-0.3, -0.25) is 4.90 Å². The lowest BCUT2D eigenvalue weighted by molar-refractivity contribution is -0.0463. The van der Waals surface area contributed by atoms with E-state index in [4.69, 9.17) is 4.74 Å². The third kappa shape index (κ3) is 4.56. The van der Waals surface area contributed by atoms with Gasteiger partial charge in [0, 0.05) is 24.0 Å². The summed E-state index contributed by atoms with van der Waals surface area (Å²) in [5, 5.41) is 5.61. The van der Waals surface area contributed by atoms with Crippen molar-refractivity contribution in [1.82, 2.24) is 10.2 Å². The molecule has 0 aromatic carbocycles. The number of aryl methyl sites for hydroxylation is 1. The maximum absolute atomic E-state index is 5.98. The minimum Gasteiger partial charge on any atom is -0.374 e. The van der Waals surface area contributed by atoms with E-state index in [9.17, 15) is 0 Å². The van der Waals surface area contributed by atoms with Crippen molar-refractivity contribution in [3.8, 4) is 0 Å². The third-order valence-electron chi connectivity index (χ3n) is 3.82. The Morgan fingerprint density at radius 1 is 1.58 bits per heavy atom. The Hall–Kier alpha value is -0.420. The molecule has 4 heteroatoms. The van der Waals surface area contributed by atoms with Gasteiger partial charge >= 0.3 is 0 Å². The summed E-state index contributed by atoms with van der Waals surface area (Å²) in [7, 11) is 2.06. The minimum absolute atomic E-state index is 0.338. The molecule has 0 aliphatic carbocycles. The van der Waals surface area contributed by atoms with Gasteiger partial charge in [0.15, 0.2) is 0 Å². The molecule has 1 aromatic heterocycles. The normalized spacial score (nSPS) is 22.5. The molecule has 108 valence electrons. The van der Waals surface area contributed by atoms with Crippen LogP contribution < -0.4 is 5.32 Å². The van der Waals surface area contributed by atoms with E-state index in [0.717, 1.165) is 32.5 Å². The van der Waals surface area contributed by atoms with Crippen LogP contribution in [-0.4, -0.2) is 50.3 Å². The maximum atomic E-state index is 5.98. The Kier molecular flexibility index (Phi) is 6.31. The van der Waals surface area contributed by atoms with Crippen LogP contribution in [0.5, 0.6) is 0 Å². The van der Waals surface area contributed by atoms with E-state index in [1.54, 1.807) is 0 Å². The summed E-state index contributed by atoms with van der Waals surface area (Å²) in [6, 6.07) is 4.82. The van der Waals surface area contributed by atoms with Crippen LogP contribution in [0.15, 0.2) is 17.5 Å². The first-order valence-electron chi connectivity index (χ1n) is 7.37. The molecule has 1 aliphatic rings. The second kappa shape index (κ2) is 8.00. The zero-order chi connectivity index (χ0) is 13.5. The smallest absolute Gasteiger partial charge is 0.0855 e. The Morgan fingerprint density at radius 3 is 3.16 bits per heavy atom. The van der Waals surface area contributed by atoms with E-state index >= 15 is 0 Å². The number of nitrogens with zero attached hydrogens (tertiary/aromatic N) is 1. The fourth-order valence-electron chi connectivity index (χ4n) is 2.76. The predicted molar refractivity (Wildman–Crippen MR) is 82.0 cm³/mol. The zero-order valence-electron chi connectivity index (χ0n) is 12.1. The number of hydrogen-bond donors (Lipinski definition) is 1. The van der Waals surface area contributed by atoms with Crippen molar-refractivity contribution < 1.29 is 4.74 Å². The fourth-order valence-corrected chi connectivity index (χ4v) is 3.49. The molecule has 1 N–H and O–H groups in total. The van der Waals surface area contributed by atoms with Crippen LogP contribution in [0.2, 0.25) is 0 Å². The van der Waals surface area contributed by atoms with Crippen LogP contribution >= 0.6 is 11.3 Å². The van der Waals surface area contributed by atoms with Crippen molar-refractivity contribution in [1.29, 1.82) is 0 Å². The maximum Gasteiger partial charge on any atom is 0.0855 e. The summed E-state index contributed by atoms with van der Waals surface area (Å²) in [5.41, 5.74) is 0. The molecule has 1 aromatic rings. The minimum atomic E-state index is 0.338. The standard InChI is InChI=1S/C15H26N2OS/c1-3-8-17-9-10-18-15(12-17)14(16-2)7-6-13-5-4-11-19-13/h4-5,11,14-16H,3,6-10,12H2,1-2H3. The van der Waals surface area contributed by atoms with Crippen molar-refractivity contribution in [2.75, 3.05) is 33.3 Å². The predicted octanol–water partition coefficient (Wildman–Crippen LogP) is 2.38. The molecule has 1 saturated heterocycles. The molecule has 0 amide bonds. The second-order valence-corrected chi connectivity index (χ2v) is 6.26. The SMILES string of the molecule is CCCN1CCOC(C(CCc2cccs2)NC)C1. The molecule has 3 nitrogen and oxygen atoms in total. The molecule has 2 rings (SSSR count). The fraction of sp³-hybridized carbons (Fsp3) is 0.733. The molecular formula is C15H26N2OS. The van der Waals surface area contributed by atoms with Gasteiger partial charge in [-0.2, -0.15) is 0 Å². The number of likely N-dealkylation sites (N-methyl/N-ethyl adjacent to an activating group) is 1. The summed E-state index contributed by atoms with van der Waals surface area (Å²) >= 11 is 1.85. The van der Waals surface area contributed by atoms with E-state index in [-0.39, 0.29) is 0 Å². The van der Waals surface area contributed by atoms with Gasteiger partial charge in [-0.25, -0.2) is 0 Å². The molecule has 1 aliphatic heterocycles. The lowest BCUT2D eigenvalue weighted by atomic mass is 10.0. The van der Waals surface area contributed by atoms with Gasteiger partial charge in [0.2, 0.25) is 0 Å². The molecule has 2 unspecified atom stereocenters. The first-order valence-corrected chi connectivity index (χ1v) is 8.25. The van der Waals surface area contributed by atoms with Crippen LogP contribution in [0.3, 0.4) is 0 Å². The number of rotatable bonds is 7. The monoisotopic (exact) mass is 282 g/mol. The van der Waals surface area contributed by atoms with E-state index in [2.05, 4.69) is 41.7 Å². The Balaban J connectivity index is 1.82. The lowest BCUT2D eigenvalue weighted by Gasteiger charge is -2.37. The van der Waals surface area contributed by atoms with Gasteiger partial charge in [0.1, 0.15) is 0 Å². The topological polar surface area (TPSA) is 24.5 Å². The van der Waals surface area contributed by atoms with Crippen molar-refractivity contribution in [3.63, 3.8) is 0 Å². The molecule has 0 radical (unpaired) electrons. The van der Waals surface area contributed by atoms with Gasteiger partial charge in [-0.15, -0.1) is 11.3 Å². The highest BCUT2D eigenvalue weighted by atomic mass is 32.1. The first-order chi connectivity index (χ1) is 9.33. The summed E-state index contributed by atoms with van der Waals surface area (Å²) in [4.78, 5) is 4.00. The summed E-state index contributed by atoms with van der Waals surface area (Å²) in [5.74, 6) is 0. The number of hydrogen-bond acceptors (Lipinski definition) is 4. The van der Waals surface area contributed by atoms with Gasteiger partial charge in [-0.05, 0) is 44.3 Å². The highest BCUT2D eigenvalue weighted by Gasteiger charge is 2.26. The second-order valence-electron chi connectivity index (χ2n) is 5.22. The van der Waals surface area contributed by atoms with Gasteiger partial charge in [0.25, 0.3) is 0 Å². The van der Waals surface area contributed by atoms with E-state index in [1.165, 1.54) is 17.8 Å². The molecule has 2 atom stereocenters. The van der Waals surface area contributed by atoms with Crippen LogP contribution in [0.4, 0.5) is 0 Å². The largest absolute Gasteiger partial charge is 0.374 e. The number of nitrogens with one attached hydrogen (secondary N) is 1. The average molecular weight is 282 g/mol. The number of morpholine rings is 1. The van der Waals surface area contributed by atoms with E-state index in [1.807, 2.05) is 11.3 Å². The molecule has 1 fully saturated rings. The summed E-state index contributed by atoms with van der Waals surface area (Å²) < 4.78 is 5.98. The van der Waals surface area contributed by atoms with Crippen molar-refractivity contribution >= 4 is 11.3 Å². The zero-order valence-corrected chi connectivity index (χ0v) is 12.9. The van der Waals surface area contributed by atoms with E-state index < -0.39 is 0 Å². The van der Waals surface area contributed by atoms with Crippen molar-refractivity contribution in [2.45, 2.75) is 38.3 Å². The Bertz CT molecular complexity index is 340. The summed E-state index contributed by atoms with van der Waals surface area (Å²) in [6.45, 7) is 6.48. The van der Waals surface area contributed by atoms with Gasteiger partial charge < -0.3 is 10.1 Å². The van der Waals surface area contributed by atoms with Crippen molar-refractivity contribution in [2.24, 2.45) is 0 Å². The molecule has 0 spiro atoms. The molecule has 19 heavy (non-hydrogen) atoms. The average Bonchev–Trinajstić information content (AvgIpc) is 2.94. The first kappa shape index (κ1) is 15.0. The number of thiophene rings is 1. The van der Waals surface area contributed by atoms with Crippen LogP contribution in [0.1, 0.15) is 24.6 Å². The molecule has 0 bridgehead atoms. The Labute approximate surface area is 121 Å². The molecule has 2 heterocycles. The van der Waals surface area contributed by atoms with Gasteiger partial charge in [0.05, 0.1) is 12.7 Å². The number of ether oxygens (including phenoxy) is 1.